The molecule has 0 aliphatic rings. The number of hydrogen-bond acceptors (Lipinski definition) is 0. The second-order valence-electron chi connectivity index (χ2n) is 29.2. The number of hydrogen-bond donors (Lipinski definition) is 0. The van der Waals surface area contributed by atoms with E-state index in [2.05, 4.69) is 218 Å². The van der Waals surface area contributed by atoms with Gasteiger partial charge in [0.05, 0.1) is 72.7 Å². The summed E-state index contributed by atoms with van der Waals surface area (Å²) in [5, 5.41) is 21.1. The average molecular weight is 1030 g/mol. The van der Waals surface area contributed by atoms with Crippen molar-refractivity contribution in [2.75, 3.05) is 0 Å². The molecule has 0 heterocycles. The van der Waals surface area contributed by atoms with Crippen LogP contribution in [-0.2, 0) is 0 Å². The maximum absolute atomic E-state index is 10.0. The van der Waals surface area contributed by atoms with Crippen molar-refractivity contribution in [2.45, 2.75) is 218 Å². The number of halogens is 1. The standard InChI is InChI=1S/C51H99ClSi10/c1-34-37(4)43(49(59(25,26)27)46(56(16,17)18)40(34)53(7,8)9)62(52,44-38(5)35(2)41(54(10,11)12)47(57(19,20)21)50(44)60(28,29)30)45-39(6)36(3)42(55(13,14)15)48(58(22,23)24)51(45)61(31,32)33/h1-33H3. The summed E-state index contributed by atoms with van der Waals surface area (Å²) >= 11 is 10.0. The van der Waals surface area contributed by atoms with Crippen molar-refractivity contribution in [2.24, 2.45) is 0 Å². The first kappa shape index (κ1) is 56.4. The summed E-state index contributed by atoms with van der Waals surface area (Å²) in [6, 6.07) is 0. The molecule has 0 bridgehead atoms. The average Bonchev–Trinajstić information content (AvgIpc) is 2.98. The fourth-order valence-electron chi connectivity index (χ4n) is 12.0. The lowest BCUT2D eigenvalue weighted by atomic mass is 10.1. The van der Waals surface area contributed by atoms with E-state index in [0.717, 1.165) is 0 Å². The first-order chi connectivity index (χ1) is 26.9. The Morgan fingerprint density at radius 2 is 0.274 bits per heavy atom. The van der Waals surface area contributed by atoms with Gasteiger partial charge in [-0.1, -0.05) is 223 Å². The van der Waals surface area contributed by atoms with Gasteiger partial charge >= 0.3 is 0 Å². The minimum atomic E-state index is -3.46. The first-order valence-electron chi connectivity index (χ1n) is 24.2. The van der Waals surface area contributed by atoms with Crippen LogP contribution in [-0.4, -0.2) is 80.0 Å². The van der Waals surface area contributed by atoms with Crippen LogP contribution in [0.2, 0.25) is 177 Å². The van der Waals surface area contributed by atoms with Gasteiger partial charge in [0, 0.05) is 0 Å². The Labute approximate surface area is 401 Å². The zero-order chi connectivity index (χ0) is 49.4. The monoisotopic (exact) mass is 1030 g/mol. The first-order valence-corrected chi connectivity index (χ1v) is 58.7. The predicted molar refractivity (Wildman–Crippen MR) is 325 cm³/mol. The molecular weight excluding hydrogens is 929 g/mol. The van der Waals surface area contributed by atoms with Crippen LogP contribution >= 0.6 is 11.1 Å². The molecule has 0 N–H and O–H groups in total. The van der Waals surface area contributed by atoms with Gasteiger partial charge in [0.25, 0.3) is 0 Å². The summed E-state index contributed by atoms with van der Waals surface area (Å²) < 4.78 is 0. The molecule has 0 unspecified atom stereocenters. The van der Waals surface area contributed by atoms with Gasteiger partial charge in [-0.3, -0.25) is 0 Å². The van der Waals surface area contributed by atoms with E-state index in [4.69, 9.17) is 0 Å². The van der Waals surface area contributed by atoms with E-state index in [9.17, 15) is 11.1 Å². The second kappa shape index (κ2) is 17.0. The molecule has 0 aliphatic carbocycles. The van der Waals surface area contributed by atoms with Crippen LogP contribution in [0.1, 0.15) is 33.4 Å². The minimum absolute atomic E-state index is 1.55. The summed E-state index contributed by atoms with van der Waals surface area (Å²) in [5.74, 6) is 0. The fraction of sp³-hybridized carbons (Fsp3) is 0.647. The molecule has 11 heteroatoms. The van der Waals surface area contributed by atoms with Crippen molar-refractivity contribution < 1.29 is 0 Å². The van der Waals surface area contributed by atoms with Gasteiger partial charge in [-0.2, -0.15) is 0 Å². The molecule has 3 rings (SSSR count). The zero-order valence-corrected chi connectivity index (χ0v) is 58.1. The summed E-state index contributed by atoms with van der Waals surface area (Å²) in [6.07, 6.45) is 0. The molecule has 3 aromatic carbocycles. The molecule has 0 saturated carbocycles. The zero-order valence-electron chi connectivity index (χ0n) is 47.4. The highest BCUT2D eigenvalue weighted by molar-refractivity contribution is 7.44. The Hall–Kier alpha value is 0.119. The van der Waals surface area contributed by atoms with Gasteiger partial charge in [-0.05, 0) is 90.5 Å². The Bertz CT molecular complexity index is 2000. The molecule has 0 amide bonds. The van der Waals surface area contributed by atoms with E-state index >= 15 is 0 Å². The van der Waals surface area contributed by atoms with Crippen molar-refractivity contribution >= 4 is 153 Å². The van der Waals surface area contributed by atoms with Gasteiger partial charge in [0.15, 0.2) is 0 Å². The number of rotatable bonds is 12. The molecule has 62 heavy (non-hydrogen) atoms. The normalized spacial score (nSPS) is 14.6. The molecule has 0 radical (unpaired) electrons. The maximum atomic E-state index is 10.0. The van der Waals surface area contributed by atoms with Gasteiger partial charge < -0.3 is 0 Å². The van der Waals surface area contributed by atoms with E-state index in [-0.39, 0.29) is 0 Å². The van der Waals surface area contributed by atoms with Crippen LogP contribution in [0.4, 0.5) is 0 Å². The Balaban J connectivity index is 3.44. The highest BCUT2D eigenvalue weighted by Crippen LogP contribution is 2.27. The van der Waals surface area contributed by atoms with Crippen molar-refractivity contribution in [1.29, 1.82) is 0 Å². The van der Waals surface area contributed by atoms with E-state index in [1.54, 1.807) is 80.1 Å². The minimum Gasteiger partial charge on any atom is -0.149 e. The molecule has 0 atom stereocenters. The fourth-order valence-corrected chi connectivity index (χ4v) is 55.8. The molecular formula is C51H99ClSi10. The third kappa shape index (κ3) is 10.1. The van der Waals surface area contributed by atoms with Crippen LogP contribution in [0.25, 0.3) is 0 Å². The SMILES string of the molecule is Cc1c(C)c([Si](Cl)(c2c(C)c(C)c([Si](C)(C)C)c([Si](C)(C)C)c2[Si](C)(C)C)c2c(C)c(C)c([Si](C)(C)C)c([Si](C)(C)C)c2[Si](C)(C)C)c([Si](C)(C)C)c([Si](C)(C)C)c1[Si](C)(C)C. The predicted octanol–water partition coefficient (Wildman–Crippen LogP) is 9.65. The van der Waals surface area contributed by atoms with Crippen molar-refractivity contribution in [1.82, 2.24) is 0 Å². The van der Waals surface area contributed by atoms with Gasteiger partial charge in [-0.15, -0.1) is 11.1 Å². The van der Waals surface area contributed by atoms with Gasteiger partial charge in [-0.25, -0.2) is 0 Å². The second-order valence-corrected chi connectivity index (χ2v) is 78.7. The van der Waals surface area contributed by atoms with Crippen LogP contribution in [0.5, 0.6) is 0 Å². The highest BCUT2D eigenvalue weighted by Gasteiger charge is 2.55. The van der Waals surface area contributed by atoms with Crippen molar-refractivity contribution in [3.63, 3.8) is 0 Å². The topological polar surface area (TPSA) is 0 Å². The Kier molecular flexibility index (Phi) is 15.4. The maximum Gasteiger partial charge on any atom is 0.248 e. The smallest absolute Gasteiger partial charge is 0.149 e. The highest BCUT2D eigenvalue weighted by atomic mass is 35.6. The lowest BCUT2D eigenvalue weighted by Gasteiger charge is -2.48. The Morgan fingerprint density at radius 1 is 0.177 bits per heavy atom. The van der Waals surface area contributed by atoms with E-state index < -0.39 is 80.0 Å². The lowest BCUT2D eigenvalue weighted by molar-refractivity contribution is 1.37. The summed E-state index contributed by atoms with van der Waals surface area (Å²) in [6.45, 7) is 87.5. The Morgan fingerprint density at radius 3 is 0.387 bits per heavy atom. The van der Waals surface area contributed by atoms with Crippen molar-refractivity contribution in [3.8, 4) is 0 Å². The van der Waals surface area contributed by atoms with Crippen LogP contribution in [0.3, 0.4) is 0 Å². The van der Waals surface area contributed by atoms with Crippen LogP contribution in [0.15, 0.2) is 0 Å². The number of benzene rings is 3. The van der Waals surface area contributed by atoms with Crippen LogP contribution in [0, 0.1) is 41.5 Å². The molecule has 0 nitrogen and oxygen atoms in total. The molecule has 0 spiro atoms. The van der Waals surface area contributed by atoms with E-state index in [1.165, 1.54) is 0 Å². The molecule has 0 saturated heterocycles. The van der Waals surface area contributed by atoms with Crippen LogP contribution < -0.4 is 62.2 Å². The van der Waals surface area contributed by atoms with Crippen molar-refractivity contribution in [3.05, 3.63) is 33.4 Å². The van der Waals surface area contributed by atoms with Gasteiger partial charge in [0.2, 0.25) is 7.38 Å². The van der Waals surface area contributed by atoms with Gasteiger partial charge in [0.1, 0.15) is 0 Å². The quantitative estimate of drug-likeness (QED) is 0.0965. The summed E-state index contributed by atoms with van der Waals surface area (Å²) in [5.41, 5.74) is 9.39. The molecule has 0 aromatic heterocycles. The third-order valence-corrected chi connectivity index (χ3v) is 40.2. The molecule has 0 fully saturated rings. The molecule has 0 aliphatic heterocycles. The molecule has 3 aromatic rings. The van der Waals surface area contributed by atoms with E-state index in [1.807, 2.05) is 15.6 Å². The molecule has 350 valence electrons. The van der Waals surface area contributed by atoms with E-state index in [0.29, 0.717) is 0 Å². The third-order valence-electron chi connectivity index (χ3n) is 14.0. The largest absolute Gasteiger partial charge is 0.248 e. The summed E-state index contributed by atoms with van der Waals surface area (Å²) in [7, 11) is -20.9. The summed E-state index contributed by atoms with van der Waals surface area (Å²) in [4.78, 5) is 0. The lowest BCUT2D eigenvalue weighted by Crippen LogP contribution is -2.86.